The normalized spacial score (nSPS) is 17.2. The predicted octanol–water partition coefficient (Wildman–Crippen LogP) is 5.96. The first kappa shape index (κ1) is 22.2. The van der Waals surface area contributed by atoms with Crippen molar-refractivity contribution in [1.82, 2.24) is 5.32 Å². The monoisotopic (exact) mass is 451 g/mol. The molecule has 0 amide bonds. The van der Waals surface area contributed by atoms with E-state index in [4.69, 9.17) is 4.74 Å². The number of hydrogen-bond donors (Lipinski definition) is 2. The van der Waals surface area contributed by atoms with Crippen LogP contribution in [0.15, 0.2) is 84.9 Å². The van der Waals surface area contributed by atoms with Crippen LogP contribution >= 0.6 is 0 Å². The van der Waals surface area contributed by atoms with Gasteiger partial charge in [0.15, 0.2) is 0 Å². The van der Waals surface area contributed by atoms with Gasteiger partial charge in [-0.2, -0.15) is 0 Å². The fraction of sp³-hybridized carbons (Fsp3) is 0.233. The van der Waals surface area contributed by atoms with Gasteiger partial charge in [-0.05, 0) is 65.9 Å². The number of hydrogen-bond acceptors (Lipinski definition) is 3. The van der Waals surface area contributed by atoms with Crippen LogP contribution < -0.4 is 10.1 Å². The van der Waals surface area contributed by atoms with Gasteiger partial charge >= 0.3 is 5.97 Å². The summed E-state index contributed by atoms with van der Waals surface area (Å²) in [5.74, 6) is 0.108. The highest BCUT2D eigenvalue weighted by Crippen LogP contribution is 2.40. The van der Waals surface area contributed by atoms with Crippen LogP contribution in [0.5, 0.6) is 5.75 Å². The highest BCUT2D eigenvalue weighted by atomic mass is 16.5. The first-order valence-electron chi connectivity index (χ1n) is 11.9. The Bertz CT molecular complexity index is 1320. The van der Waals surface area contributed by atoms with Crippen LogP contribution in [0.1, 0.15) is 45.0 Å². The number of carboxylic acid groups (broad SMARTS) is 1. The van der Waals surface area contributed by atoms with E-state index in [-0.39, 0.29) is 12.0 Å². The second-order valence-electron chi connectivity index (χ2n) is 9.04. The average Bonchev–Trinajstić information content (AvgIpc) is 2.86. The molecule has 4 aromatic rings. The summed E-state index contributed by atoms with van der Waals surface area (Å²) in [6.07, 6.45) is 1.77. The van der Waals surface area contributed by atoms with Crippen molar-refractivity contribution >= 4 is 16.7 Å². The van der Waals surface area contributed by atoms with Crippen molar-refractivity contribution in [3.63, 3.8) is 0 Å². The molecule has 0 spiro atoms. The number of carboxylic acids is 1. The fourth-order valence-corrected chi connectivity index (χ4v) is 5.02. The van der Waals surface area contributed by atoms with Gasteiger partial charge in [0.1, 0.15) is 11.9 Å². The molecular formula is C30H29NO3. The molecule has 34 heavy (non-hydrogen) atoms. The van der Waals surface area contributed by atoms with Crippen molar-refractivity contribution in [3.05, 3.63) is 113 Å². The van der Waals surface area contributed by atoms with Crippen LogP contribution in [0.25, 0.3) is 10.8 Å². The Morgan fingerprint density at radius 1 is 1.00 bits per heavy atom. The molecule has 5 rings (SSSR count). The van der Waals surface area contributed by atoms with Crippen molar-refractivity contribution in [2.24, 2.45) is 0 Å². The van der Waals surface area contributed by atoms with E-state index in [0.717, 1.165) is 48.4 Å². The molecule has 0 radical (unpaired) electrons. The molecule has 1 aliphatic heterocycles. The van der Waals surface area contributed by atoms with Crippen LogP contribution in [0.2, 0.25) is 0 Å². The van der Waals surface area contributed by atoms with E-state index in [1.54, 1.807) is 0 Å². The van der Waals surface area contributed by atoms with Gasteiger partial charge in [0.05, 0.1) is 5.56 Å². The molecule has 1 aliphatic rings. The van der Waals surface area contributed by atoms with Crippen molar-refractivity contribution in [2.45, 2.75) is 31.8 Å². The third-order valence-corrected chi connectivity index (χ3v) is 6.80. The first-order valence-corrected chi connectivity index (χ1v) is 11.9. The van der Waals surface area contributed by atoms with Crippen molar-refractivity contribution in [1.29, 1.82) is 0 Å². The SMILES string of the molecule is Cc1ccc(C2CC(CNCCc3cccc4ccccc34)Oc3ccccc32)cc1C(=O)O. The minimum Gasteiger partial charge on any atom is -0.489 e. The lowest BCUT2D eigenvalue weighted by Crippen LogP contribution is -2.36. The molecule has 0 bridgehead atoms. The molecule has 0 aliphatic carbocycles. The summed E-state index contributed by atoms with van der Waals surface area (Å²) in [7, 11) is 0. The standard InChI is InChI=1S/C30H29NO3/c1-20-13-14-23(17-27(20)30(32)33)28-18-24(34-29-12-5-4-11-26(28)29)19-31-16-15-22-9-6-8-21-7-2-3-10-25(21)22/h2-14,17,24,28,31H,15-16,18-19H2,1H3,(H,32,33). The summed E-state index contributed by atoms with van der Waals surface area (Å²) in [5.41, 5.74) is 4.64. The Kier molecular flexibility index (Phi) is 6.33. The van der Waals surface area contributed by atoms with E-state index in [1.165, 1.54) is 16.3 Å². The highest BCUT2D eigenvalue weighted by Gasteiger charge is 2.29. The maximum absolute atomic E-state index is 11.7. The third-order valence-electron chi connectivity index (χ3n) is 6.80. The van der Waals surface area contributed by atoms with Gasteiger partial charge in [0.25, 0.3) is 0 Å². The zero-order chi connectivity index (χ0) is 23.5. The Hall–Kier alpha value is -3.63. The highest BCUT2D eigenvalue weighted by molar-refractivity contribution is 5.89. The quantitative estimate of drug-likeness (QED) is 0.340. The average molecular weight is 452 g/mol. The minimum atomic E-state index is -0.883. The van der Waals surface area contributed by atoms with Gasteiger partial charge in [-0.3, -0.25) is 0 Å². The molecule has 2 N–H and O–H groups in total. The Labute approximate surface area is 200 Å². The van der Waals surface area contributed by atoms with Gasteiger partial charge in [0, 0.05) is 18.0 Å². The summed E-state index contributed by atoms with van der Waals surface area (Å²) in [4.78, 5) is 11.7. The summed E-state index contributed by atoms with van der Waals surface area (Å²) < 4.78 is 6.33. The number of benzene rings is 4. The zero-order valence-corrected chi connectivity index (χ0v) is 19.3. The van der Waals surface area contributed by atoms with Gasteiger partial charge in [-0.15, -0.1) is 0 Å². The summed E-state index contributed by atoms with van der Waals surface area (Å²) in [5, 5.41) is 15.8. The van der Waals surface area contributed by atoms with E-state index >= 15 is 0 Å². The van der Waals surface area contributed by atoms with Crippen LogP contribution in [0, 0.1) is 6.92 Å². The number of ether oxygens (including phenoxy) is 1. The molecule has 0 fully saturated rings. The number of para-hydroxylation sites is 1. The number of carbonyl (C=O) groups is 1. The summed E-state index contributed by atoms with van der Waals surface area (Å²) in [6.45, 7) is 3.45. The van der Waals surface area contributed by atoms with Crippen LogP contribution in [0.4, 0.5) is 0 Å². The topological polar surface area (TPSA) is 58.6 Å². The fourth-order valence-electron chi connectivity index (χ4n) is 5.02. The predicted molar refractivity (Wildman–Crippen MR) is 136 cm³/mol. The molecule has 4 heteroatoms. The Balaban J connectivity index is 1.29. The summed E-state index contributed by atoms with van der Waals surface area (Å²) >= 11 is 0. The summed E-state index contributed by atoms with van der Waals surface area (Å²) in [6, 6.07) is 28.9. The lowest BCUT2D eigenvalue weighted by atomic mass is 9.83. The van der Waals surface area contributed by atoms with Crippen LogP contribution in [-0.4, -0.2) is 30.3 Å². The number of aryl methyl sites for hydroxylation is 1. The molecule has 172 valence electrons. The number of nitrogens with one attached hydrogen (secondary N) is 1. The van der Waals surface area contributed by atoms with Crippen molar-refractivity contribution < 1.29 is 14.6 Å². The van der Waals surface area contributed by atoms with Crippen LogP contribution in [-0.2, 0) is 6.42 Å². The molecule has 2 unspecified atom stereocenters. The third kappa shape index (κ3) is 4.55. The molecule has 2 atom stereocenters. The van der Waals surface area contributed by atoms with Crippen LogP contribution in [0.3, 0.4) is 0 Å². The second kappa shape index (κ2) is 9.70. The minimum absolute atomic E-state index is 0.0157. The Morgan fingerprint density at radius 3 is 2.68 bits per heavy atom. The van der Waals surface area contributed by atoms with E-state index in [1.807, 2.05) is 37.3 Å². The largest absolute Gasteiger partial charge is 0.489 e. The number of fused-ring (bicyclic) bond motifs is 2. The molecule has 4 aromatic carbocycles. The molecule has 0 saturated carbocycles. The zero-order valence-electron chi connectivity index (χ0n) is 19.3. The van der Waals surface area contributed by atoms with E-state index < -0.39 is 5.97 Å². The van der Waals surface area contributed by atoms with Gasteiger partial charge in [0.2, 0.25) is 0 Å². The smallest absolute Gasteiger partial charge is 0.335 e. The van der Waals surface area contributed by atoms with E-state index in [0.29, 0.717) is 5.56 Å². The van der Waals surface area contributed by atoms with E-state index in [9.17, 15) is 9.90 Å². The van der Waals surface area contributed by atoms with Gasteiger partial charge in [-0.1, -0.05) is 72.8 Å². The van der Waals surface area contributed by atoms with E-state index in [2.05, 4.69) is 59.9 Å². The lowest BCUT2D eigenvalue weighted by molar-refractivity contribution is 0.0696. The van der Waals surface area contributed by atoms with Crippen molar-refractivity contribution in [3.8, 4) is 5.75 Å². The molecule has 0 saturated heterocycles. The maximum atomic E-state index is 11.7. The molecule has 0 aromatic heterocycles. The molecular weight excluding hydrogens is 422 g/mol. The maximum Gasteiger partial charge on any atom is 0.335 e. The van der Waals surface area contributed by atoms with Crippen molar-refractivity contribution in [2.75, 3.05) is 13.1 Å². The van der Waals surface area contributed by atoms with Gasteiger partial charge < -0.3 is 15.2 Å². The lowest BCUT2D eigenvalue weighted by Gasteiger charge is -2.33. The Morgan fingerprint density at radius 2 is 1.79 bits per heavy atom. The first-order chi connectivity index (χ1) is 16.6. The second-order valence-corrected chi connectivity index (χ2v) is 9.04. The number of rotatable bonds is 7. The molecule has 1 heterocycles. The number of aromatic carboxylic acids is 1. The molecule has 4 nitrogen and oxygen atoms in total. The van der Waals surface area contributed by atoms with Gasteiger partial charge in [-0.25, -0.2) is 4.79 Å².